The molecule has 2 aromatic heterocycles. The highest BCUT2D eigenvalue weighted by Gasteiger charge is 2.33. The third kappa shape index (κ3) is 6.83. The first kappa shape index (κ1) is 30.5. The lowest BCUT2D eigenvalue weighted by Crippen LogP contribution is -2.31. The van der Waals surface area contributed by atoms with Crippen LogP contribution in [0.5, 0.6) is 11.5 Å². The van der Waals surface area contributed by atoms with E-state index in [1.54, 1.807) is 38.3 Å². The van der Waals surface area contributed by atoms with Crippen molar-refractivity contribution < 1.29 is 32.2 Å². The van der Waals surface area contributed by atoms with E-state index in [-0.39, 0.29) is 28.6 Å². The first-order chi connectivity index (χ1) is 20.9. The van der Waals surface area contributed by atoms with Crippen LogP contribution in [0.1, 0.15) is 30.9 Å². The minimum absolute atomic E-state index is 0.112. The summed E-state index contributed by atoms with van der Waals surface area (Å²) < 4.78 is 47.7. The SMILES string of the molecule is COc1ccc(C(C)C)c(N2C(=O)CS/C2=N\C(=O)Nc2ccc(-c3ncn(-c4ccc(OC(F)(F)F)cn4)n3)cc2C)c1. The number of hydrogen-bond acceptors (Lipinski definition) is 8. The fourth-order valence-electron chi connectivity index (χ4n) is 4.39. The second kappa shape index (κ2) is 12.4. The third-order valence-corrected chi connectivity index (χ3v) is 7.39. The number of methoxy groups -OCH3 is 1. The van der Waals surface area contributed by atoms with E-state index in [1.807, 2.05) is 26.0 Å². The highest BCUT2D eigenvalue weighted by Crippen LogP contribution is 2.36. The van der Waals surface area contributed by atoms with Crippen LogP contribution in [0, 0.1) is 6.92 Å². The number of ether oxygens (including phenoxy) is 2. The Morgan fingerprint density at radius 1 is 1.09 bits per heavy atom. The van der Waals surface area contributed by atoms with Crippen molar-refractivity contribution >= 4 is 40.2 Å². The predicted molar refractivity (Wildman–Crippen MR) is 159 cm³/mol. The average molecular weight is 626 g/mol. The van der Waals surface area contributed by atoms with Gasteiger partial charge in [-0.25, -0.2) is 19.4 Å². The number of aromatic nitrogens is 4. The lowest BCUT2D eigenvalue weighted by atomic mass is 10.00. The van der Waals surface area contributed by atoms with Gasteiger partial charge in [0.15, 0.2) is 16.8 Å². The van der Waals surface area contributed by atoms with Crippen molar-refractivity contribution in [3.8, 4) is 28.7 Å². The molecule has 5 rings (SSSR count). The van der Waals surface area contributed by atoms with Crippen LogP contribution in [0.2, 0.25) is 0 Å². The molecule has 0 atom stereocenters. The third-order valence-electron chi connectivity index (χ3n) is 6.47. The number of pyridine rings is 1. The Morgan fingerprint density at radius 2 is 1.86 bits per heavy atom. The molecule has 0 radical (unpaired) electrons. The van der Waals surface area contributed by atoms with Gasteiger partial charge >= 0.3 is 12.4 Å². The van der Waals surface area contributed by atoms with Crippen LogP contribution in [0.3, 0.4) is 0 Å². The van der Waals surface area contributed by atoms with Crippen molar-refractivity contribution in [2.75, 3.05) is 23.1 Å². The van der Waals surface area contributed by atoms with Gasteiger partial charge < -0.3 is 14.8 Å². The van der Waals surface area contributed by atoms with Gasteiger partial charge in [-0.05, 0) is 60.4 Å². The van der Waals surface area contributed by atoms with Crippen LogP contribution in [-0.4, -0.2) is 56.1 Å². The number of amidine groups is 1. The van der Waals surface area contributed by atoms with E-state index in [0.717, 1.165) is 17.8 Å². The Hall–Kier alpha value is -4.92. The summed E-state index contributed by atoms with van der Waals surface area (Å²) in [5, 5.41) is 7.38. The molecule has 1 aliphatic rings. The van der Waals surface area contributed by atoms with Gasteiger partial charge in [-0.2, -0.15) is 4.99 Å². The standard InChI is InChI=1S/C29H26F3N7O4S/c1-16(2)21-8-6-19(42-4)12-23(21)39-25(40)14-44-28(39)36-27(41)35-22-9-5-18(11-17(22)3)26-34-15-38(37-26)24-10-7-20(13-33-24)43-29(30,31)32/h5-13,15-16H,14H2,1-4H3,(H,35,41)/b36-28-. The van der Waals surface area contributed by atoms with E-state index >= 15 is 0 Å². The molecular weight excluding hydrogens is 599 g/mol. The molecule has 1 fully saturated rings. The fraction of sp³-hybridized carbons (Fsp3) is 0.241. The summed E-state index contributed by atoms with van der Waals surface area (Å²) in [5.74, 6) is 0.772. The minimum atomic E-state index is -4.82. The number of halogens is 3. The number of anilines is 2. The van der Waals surface area contributed by atoms with E-state index in [4.69, 9.17) is 4.74 Å². The first-order valence-electron chi connectivity index (χ1n) is 13.2. The molecule has 3 amide bonds. The van der Waals surface area contributed by atoms with Crippen molar-refractivity contribution in [1.82, 2.24) is 19.7 Å². The number of carbonyl (C=O) groups excluding carboxylic acids is 2. The van der Waals surface area contributed by atoms with Crippen LogP contribution in [0.15, 0.2) is 66.0 Å². The number of benzene rings is 2. The lowest BCUT2D eigenvalue weighted by Gasteiger charge is -2.22. The topological polar surface area (TPSA) is 124 Å². The molecule has 15 heteroatoms. The maximum atomic E-state index is 13.0. The van der Waals surface area contributed by atoms with Gasteiger partial charge in [-0.15, -0.1) is 18.3 Å². The molecule has 1 saturated heterocycles. The maximum Gasteiger partial charge on any atom is 0.573 e. The van der Waals surface area contributed by atoms with Crippen LogP contribution in [0.4, 0.5) is 29.3 Å². The monoisotopic (exact) mass is 625 g/mol. The zero-order valence-corrected chi connectivity index (χ0v) is 24.7. The van der Waals surface area contributed by atoms with Crippen molar-refractivity contribution in [3.05, 3.63) is 72.2 Å². The van der Waals surface area contributed by atoms with Crippen LogP contribution < -0.4 is 19.7 Å². The van der Waals surface area contributed by atoms with Gasteiger partial charge in [0.1, 0.15) is 17.8 Å². The number of nitrogens with one attached hydrogen (secondary N) is 1. The molecule has 1 aliphatic heterocycles. The summed E-state index contributed by atoms with van der Waals surface area (Å²) in [6.07, 6.45) is -2.50. The summed E-state index contributed by atoms with van der Waals surface area (Å²) in [6, 6.07) is 12.4. The van der Waals surface area contributed by atoms with Crippen LogP contribution >= 0.6 is 11.8 Å². The highest BCUT2D eigenvalue weighted by molar-refractivity contribution is 8.15. The molecule has 0 spiro atoms. The van der Waals surface area contributed by atoms with Gasteiger partial charge in [0.25, 0.3) is 0 Å². The van der Waals surface area contributed by atoms with Crippen molar-refractivity contribution in [2.24, 2.45) is 4.99 Å². The number of carbonyl (C=O) groups is 2. The van der Waals surface area contributed by atoms with Gasteiger partial charge in [0.2, 0.25) is 5.91 Å². The highest BCUT2D eigenvalue weighted by atomic mass is 32.2. The number of thioether (sulfide) groups is 1. The number of aryl methyl sites for hydroxylation is 1. The Morgan fingerprint density at radius 3 is 2.52 bits per heavy atom. The molecular formula is C29H26F3N7O4S. The molecule has 4 aromatic rings. The largest absolute Gasteiger partial charge is 0.573 e. The van der Waals surface area contributed by atoms with E-state index in [1.165, 1.54) is 33.7 Å². The first-order valence-corrected chi connectivity index (χ1v) is 14.2. The Bertz CT molecular complexity index is 1740. The predicted octanol–water partition coefficient (Wildman–Crippen LogP) is 6.34. The fourth-order valence-corrected chi connectivity index (χ4v) is 5.25. The van der Waals surface area contributed by atoms with Gasteiger partial charge in [0.05, 0.1) is 24.7 Å². The van der Waals surface area contributed by atoms with Crippen LogP contribution in [-0.2, 0) is 4.79 Å². The quantitative estimate of drug-likeness (QED) is 0.253. The smallest absolute Gasteiger partial charge is 0.497 e. The molecule has 44 heavy (non-hydrogen) atoms. The summed E-state index contributed by atoms with van der Waals surface area (Å²) in [5.41, 5.74) is 3.36. The van der Waals surface area contributed by atoms with Crippen molar-refractivity contribution in [1.29, 1.82) is 0 Å². The van der Waals surface area contributed by atoms with Crippen molar-refractivity contribution in [3.63, 3.8) is 0 Å². The minimum Gasteiger partial charge on any atom is -0.497 e. The number of alkyl halides is 3. The number of nitrogens with zero attached hydrogens (tertiary/aromatic N) is 6. The summed E-state index contributed by atoms with van der Waals surface area (Å²) in [7, 11) is 1.54. The van der Waals surface area contributed by atoms with Gasteiger partial charge in [-0.3, -0.25) is 9.69 Å². The summed E-state index contributed by atoms with van der Waals surface area (Å²) >= 11 is 1.18. The molecule has 0 saturated carbocycles. The number of rotatable bonds is 7. The second-order valence-electron chi connectivity index (χ2n) is 9.86. The molecule has 11 nitrogen and oxygen atoms in total. The maximum absolute atomic E-state index is 13.0. The molecule has 0 bridgehead atoms. The second-order valence-corrected chi connectivity index (χ2v) is 10.8. The number of urea groups is 1. The summed E-state index contributed by atoms with van der Waals surface area (Å²) in [4.78, 5) is 39.7. The zero-order chi connectivity index (χ0) is 31.6. The molecule has 3 heterocycles. The summed E-state index contributed by atoms with van der Waals surface area (Å²) in [6.45, 7) is 5.82. The molecule has 2 aromatic carbocycles. The Labute approximate surface area is 254 Å². The number of aliphatic imine (C=N–C) groups is 1. The Balaban J connectivity index is 1.31. The van der Waals surface area contributed by atoms with E-state index in [9.17, 15) is 22.8 Å². The normalized spacial score (nSPS) is 14.4. The van der Waals surface area contributed by atoms with E-state index < -0.39 is 18.1 Å². The number of hydrogen-bond donors (Lipinski definition) is 1. The lowest BCUT2D eigenvalue weighted by molar-refractivity contribution is -0.274. The van der Waals surface area contributed by atoms with Gasteiger partial charge in [0, 0.05) is 17.3 Å². The van der Waals surface area contributed by atoms with E-state index in [0.29, 0.717) is 34.1 Å². The molecule has 0 unspecified atom stereocenters. The number of amides is 3. The van der Waals surface area contributed by atoms with Gasteiger partial charge in [-0.1, -0.05) is 31.7 Å². The molecule has 228 valence electrons. The Kier molecular flexibility index (Phi) is 8.58. The average Bonchev–Trinajstić information content (AvgIpc) is 3.60. The molecule has 1 N–H and O–H groups in total. The van der Waals surface area contributed by atoms with Crippen molar-refractivity contribution in [2.45, 2.75) is 33.1 Å². The zero-order valence-electron chi connectivity index (χ0n) is 23.9. The molecule has 0 aliphatic carbocycles. The van der Waals surface area contributed by atoms with Crippen LogP contribution in [0.25, 0.3) is 17.2 Å². The van der Waals surface area contributed by atoms with E-state index in [2.05, 4.69) is 30.1 Å².